The van der Waals surface area contributed by atoms with E-state index in [1.807, 2.05) is 28.9 Å². The topological polar surface area (TPSA) is 75.0 Å². The molecule has 3 aromatic heterocycles. The average Bonchev–Trinajstić information content (AvgIpc) is 3.48. The number of thioether (sulfide) groups is 1. The number of nitrogens with zero attached hydrogens (tertiary/aromatic N) is 5. The first kappa shape index (κ1) is 18.9. The van der Waals surface area contributed by atoms with Crippen LogP contribution in [-0.4, -0.2) is 39.4 Å². The summed E-state index contributed by atoms with van der Waals surface area (Å²) in [5.41, 5.74) is 1.89. The van der Waals surface area contributed by atoms with Gasteiger partial charge in [-0.15, -0.1) is 27.8 Å². The van der Waals surface area contributed by atoms with E-state index in [4.69, 9.17) is 14.5 Å². The SMILES string of the molecule is COc1cccc(-c2nc(CSc3nnnn3Cc3cccs3)cs2)c1OC. The average molecular weight is 432 g/mol. The van der Waals surface area contributed by atoms with E-state index in [-0.39, 0.29) is 0 Å². The van der Waals surface area contributed by atoms with Gasteiger partial charge in [-0.3, -0.25) is 0 Å². The minimum Gasteiger partial charge on any atom is -0.493 e. The number of para-hydroxylation sites is 1. The van der Waals surface area contributed by atoms with E-state index in [2.05, 4.69) is 32.4 Å². The van der Waals surface area contributed by atoms with Crippen LogP contribution in [0.3, 0.4) is 0 Å². The molecule has 3 heterocycles. The fraction of sp³-hybridized carbons (Fsp3) is 0.222. The predicted molar refractivity (Wildman–Crippen MR) is 111 cm³/mol. The Labute approximate surface area is 174 Å². The van der Waals surface area contributed by atoms with Crippen molar-refractivity contribution in [1.29, 1.82) is 0 Å². The third-order valence-electron chi connectivity index (χ3n) is 3.92. The molecule has 0 saturated heterocycles. The zero-order chi connectivity index (χ0) is 19.3. The first-order chi connectivity index (χ1) is 13.8. The molecule has 0 amide bonds. The molecule has 0 saturated carbocycles. The van der Waals surface area contributed by atoms with Crippen molar-refractivity contribution in [2.24, 2.45) is 0 Å². The first-order valence-electron chi connectivity index (χ1n) is 8.35. The molecule has 0 fully saturated rings. The largest absolute Gasteiger partial charge is 0.493 e. The Morgan fingerprint density at radius 3 is 2.82 bits per heavy atom. The van der Waals surface area contributed by atoms with Crippen molar-refractivity contribution in [2.75, 3.05) is 14.2 Å². The van der Waals surface area contributed by atoms with Gasteiger partial charge in [-0.2, -0.15) is 0 Å². The molecule has 0 radical (unpaired) electrons. The van der Waals surface area contributed by atoms with Gasteiger partial charge in [-0.1, -0.05) is 23.9 Å². The third-order valence-corrected chi connectivity index (χ3v) is 6.70. The molecule has 0 aliphatic rings. The van der Waals surface area contributed by atoms with Crippen LogP contribution < -0.4 is 9.47 Å². The van der Waals surface area contributed by atoms with Gasteiger partial charge >= 0.3 is 0 Å². The van der Waals surface area contributed by atoms with Crippen LogP contribution in [0.1, 0.15) is 10.6 Å². The predicted octanol–water partition coefficient (Wildman–Crippen LogP) is 4.22. The third kappa shape index (κ3) is 4.03. The van der Waals surface area contributed by atoms with E-state index >= 15 is 0 Å². The standard InChI is InChI=1S/C18H17N5O2S3/c1-24-15-7-3-6-14(16(15)25-2)17-19-12(10-27-17)11-28-18-20-21-22-23(18)9-13-5-4-8-26-13/h3-8,10H,9,11H2,1-2H3. The van der Waals surface area contributed by atoms with Crippen LogP contribution in [-0.2, 0) is 12.3 Å². The summed E-state index contributed by atoms with van der Waals surface area (Å²) in [6.07, 6.45) is 0. The molecule has 10 heteroatoms. The minimum atomic E-state index is 0.677. The van der Waals surface area contributed by atoms with Crippen molar-refractivity contribution in [3.63, 3.8) is 0 Å². The van der Waals surface area contributed by atoms with Crippen molar-refractivity contribution in [3.05, 3.63) is 51.7 Å². The van der Waals surface area contributed by atoms with Crippen LogP contribution in [0, 0.1) is 0 Å². The molecule has 0 spiro atoms. The maximum Gasteiger partial charge on any atom is 0.210 e. The molecule has 28 heavy (non-hydrogen) atoms. The number of aromatic nitrogens is 5. The highest BCUT2D eigenvalue weighted by Gasteiger charge is 2.15. The Morgan fingerprint density at radius 1 is 1.11 bits per heavy atom. The van der Waals surface area contributed by atoms with E-state index in [1.54, 1.807) is 48.7 Å². The normalized spacial score (nSPS) is 10.9. The van der Waals surface area contributed by atoms with Gasteiger partial charge in [0, 0.05) is 16.0 Å². The van der Waals surface area contributed by atoms with Gasteiger partial charge in [0.1, 0.15) is 5.01 Å². The number of hydrogen-bond acceptors (Lipinski definition) is 9. The number of benzene rings is 1. The lowest BCUT2D eigenvalue weighted by atomic mass is 10.2. The monoisotopic (exact) mass is 431 g/mol. The lowest BCUT2D eigenvalue weighted by molar-refractivity contribution is 0.356. The lowest BCUT2D eigenvalue weighted by Crippen LogP contribution is -2.02. The lowest BCUT2D eigenvalue weighted by Gasteiger charge is -2.10. The molecule has 0 unspecified atom stereocenters. The van der Waals surface area contributed by atoms with Crippen molar-refractivity contribution in [2.45, 2.75) is 17.5 Å². The highest BCUT2D eigenvalue weighted by atomic mass is 32.2. The Hall–Kier alpha value is -2.43. The van der Waals surface area contributed by atoms with Crippen LogP contribution in [0.5, 0.6) is 11.5 Å². The smallest absolute Gasteiger partial charge is 0.210 e. The summed E-state index contributed by atoms with van der Waals surface area (Å²) >= 11 is 4.85. The fourth-order valence-corrected chi connectivity index (χ4v) is 5.04. The molecule has 4 rings (SSSR count). The van der Waals surface area contributed by atoms with Crippen LogP contribution in [0.4, 0.5) is 0 Å². The Morgan fingerprint density at radius 2 is 2.04 bits per heavy atom. The zero-order valence-electron chi connectivity index (χ0n) is 15.2. The summed E-state index contributed by atoms with van der Waals surface area (Å²) in [7, 11) is 3.27. The fourth-order valence-electron chi connectivity index (χ4n) is 2.64. The Bertz CT molecular complexity index is 1050. The highest BCUT2D eigenvalue weighted by Crippen LogP contribution is 2.39. The number of rotatable bonds is 8. The summed E-state index contributed by atoms with van der Waals surface area (Å²) in [5.74, 6) is 2.07. The van der Waals surface area contributed by atoms with Gasteiger partial charge in [0.2, 0.25) is 5.16 Å². The van der Waals surface area contributed by atoms with Crippen LogP contribution in [0.15, 0.2) is 46.2 Å². The molecular weight excluding hydrogens is 414 g/mol. The quantitative estimate of drug-likeness (QED) is 0.387. The van der Waals surface area contributed by atoms with Gasteiger partial charge < -0.3 is 9.47 Å². The van der Waals surface area contributed by atoms with Crippen LogP contribution in [0.25, 0.3) is 10.6 Å². The molecule has 0 bridgehead atoms. The molecule has 144 valence electrons. The number of ether oxygens (including phenoxy) is 2. The molecular formula is C18H17N5O2S3. The van der Waals surface area contributed by atoms with E-state index < -0.39 is 0 Å². The van der Waals surface area contributed by atoms with Crippen molar-refractivity contribution in [1.82, 2.24) is 25.2 Å². The maximum atomic E-state index is 5.52. The van der Waals surface area contributed by atoms with Crippen molar-refractivity contribution < 1.29 is 9.47 Å². The molecule has 0 atom stereocenters. The van der Waals surface area contributed by atoms with Crippen molar-refractivity contribution >= 4 is 34.4 Å². The maximum absolute atomic E-state index is 5.52. The molecule has 0 aliphatic carbocycles. The molecule has 0 N–H and O–H groups in total. The van der Waals surface area contributed by atoms with Gasteiger partial charge in [0.05, 0.1) is 32.0 Å². The second kappa shape index (κ2) is 8.72. The second-order valence-electron chi connectivity index (χ2n) is 5.67. The number of tetrazole rings is 1. The number of methoxy groups -OCH3 is 2. The highest BCUT2D eigenvalue weighted by molar-refractivity contribution is 7.98. The number of thiazole rings is 1. The van der Waals surface area contributed by atoms with E-state index in [9.17, 15) is 0 Å². The Kier molecular flexibility index (Phi) is 5.89. The summed E-state index contributed by atoms with van der Waals surface area (Å²) < 4.78 is 12.7. The van der Waals surface area contributed by atoms with Crippen molar-refractivity contribution in [3.8, 4) is 22.1 Å². The number of thiophene rings is 1. The van der Waals surface area contributed by atoms with Crippen LogP contribution in [0.2, 0.25) is 0 Å². The summed E-state index contributed by atoms with van der Waals surface area (Å²) in [5, 5.41) is 17.8. The molecule has 7 nitrogen and oxygen atoms in total. The summed E-state index contributed by atoms with van der Waals surface area (Å²) in [6.45, 7) is 0.677. The molecule has 0 aliphatic heterocycles. The number of hydrogen-bond donors (Lipinski definition) is 0. The summed E-state index contributed by atoms with van der Waals surface area (Å²) in [4.78, 5) is 5.97. The first-order valence-corrected chi connectivity index (χ1v) is 11.1. The van der Waals surface area contributed by atoms with E-state index in [0.717, 1.165) is 21.4 Å². The minimum absolute atomic E-state index is 0.677. The summed E-state index contributed by atoms with van der Waals surface area (Å²) in [6, 6.07) is 9.90. The van der Waals surface area contributed by atoms with Gasteiger partial charge in [-0.05, 0) is 34.0 Å². The van der Waals surface area contributed by atoms with Gasteiger partial charge in [-0.25, -0.2) is 9.67 Å². The van der Waals surface area contributed by atoms with E-state index in [1.165, 1.54) is 4.88 Å². The van der Waals surface area contributed by atoms with Crippen LogP contribution >= 0.6 is 34.4 Å². The van der Waals surface area contributed by atoms with Gasteiger partial charge in [0.15, 0.2) is 11.5 Å². The van der Waals surface area contributed by atoms with Gasteiger partial charge in [0.25, 0.3) is 0 Å². The molecule has 1 aromatic carbocycles. The Balaban J connectivity index is 1.48. The second-order valence-corrected chi connectivity index (χ2v) is 8.51. The zero-order valence-corrected chi connectivity index (χ0v) is 17.7. The molecule has 4 aromatic rings. The van der Waals surface area contributed by atoms with E-state index in [0.29, 0.717) is 23.8 Å².